The Labute approximate surface area is 180 Å². The highest BCUT2D eigenvalue weighted by Crippen LogP contribution is 2.61. The Morgan fingerprint density at radius 2 is 1.52 bits per heavy atom. The molecule has 2 saturated heterocycles. The molecule has 3 aliphatic rings. The molecule has 5 nitrogen and oxygen atoms in total. The van der Waals surface area contributed by atoms with Crippen molar-refractivity contribution in [3.05, 3.63) is 96.1 Å². The van der Waals surface area contributed by atoms with E-state index in [4.69, 9.17) is 4.74 Å². The van der Waals surface area contributed by atoms with E-state index in [9.17, 15) is 9.59 Å². The third-order valence-corrected chi connectivity index (χ3v) is 7.09. The molecule has 0 N–H and O–H groups in total. The zero-order valence-corrected chi connectivity index (χ0v) is 17.1. The van der Waals surface area contributed by atoms with Gasteiger partial charge in [0.05, 0.1) is 18.3 Å². The molecular weight excluding hydrogens is 388 g/mol. The SMILES string of the molecule is C[C@@]12C(=O)N(c3ccccc3)C(=O)N1[C@@H]1c3ccccc3OC[C@@H]1[C@H]2c1ccccc1. The van der Waals surface area contributed by atoms with Crippen LogP contribution in [0.15, 0.2) is 84.9 Å². The van der Waals surface area contributed by atoms with Crippen molar-refractivity contribution in [2.24, 2.45) is 5.92 Å². The van der Waals surface area contributed by atoms with Crippen LogP contribution >= 0.6 is 0 Å². The van der Waals surface area contributed by atoms with Gasteiger partial charge >= 0.3 is 6.03 Å². The van der Waals surface area contributed by atoms with Gasteiger partial charge in [0.15, 0.2) is 0 Å². The van der Waals surface area contributed by atoms with Gasteiger partial charge in [-0.1, -0.05) is 66.7 Å². The van der Waals surface area contributed by atoms with Gasteiger partial charge in [0.1, 0.15) is 11.3 Å². The summed E-state index contributed by atoms with van der Waals surface area (Å²) < 4.78 is 6.12. The first-order valence-corrected chi connectivity index (χ1v) is 10.6. The molecule has 0 saturated carbocycles. The molecule has 0 radical (unpaired) electrons. The van der Waals surface area contributed by atoms with Crippen LogP contribution in [0.3, 0.4) is 0 Å². The summed E-state index contributed by atoms with van der Waals surface area (Å²) in [7, 11) is 0. The maximum absolute atomic E-state index is 14.0. The number of anilines is 1. The Bertz CT molecular complexity index is 1180. The number of rotatable bonds is 2. The Hall–Kier alpha value is -3.60. The molecule has 3 aromatic rings. The summed E-state index contributed by atoms with van der Waals surface area (Å²) >= 11 is 0. The van der Waals surface area contributed by atoms with E-state index in [0.29, 0.717) is 12.3 Å². The van der Waals surface area contributed by atoms with Crippen molar-refractivity contribution in [1.29, 1.82) is 0 Å². The van der Waals surface area contributed by atoms with Crippen molar-refractivity contribution in [2.75, 3.05) is 11.5 Å². The Balaban J connectivity index is 1.57. The smallest absolute Gasteiger partial charge is 0.332 e. The molecule has 0 unspecified atom stereocenters. The van der Waals surface area contributed by atoms with Crippen LogP contribution in [0.1, 0.15) is 30.0 Å². The predicted octanol–water partition coefficient (Wildman–Crippen LogP) is 4.76. The first kappa shape index (κ1) is 18.2. The monoisotopic (exact) mass is 410 g/mol. The van der Waals surface area contributed by atoms with Crippen LogP contribution in [0.4, 0.5) is 10.5 Å². The molecule has 4 atom stereocenters. The fraction of sp³-hybridized carbons (Fsp3) is 0.231. The van der Waals surface area contributed by atoms with Gasteiger partial charge in [0, 0.05) is 17.4 Å². The maximum Gasteiger partial charge on any atom is 0.332 e. The molecule has 0 bridgehead atoms. The molecule has 0 aromatic heterocycles. The molecule has 0 aliphatic carbocycles. The van der Waals surface area contributed by atoms with Crippen LogP contribution in [0.2, 0.25) is 0 Å². The fourth-order valence-electron chi connectivity index (χ4n) is 5.84. The van der Waals surface area contributed by atoms with E-state index in [2.05, 4.69) is 12.1 Å². The number of nitrogens with zero attached hydrogens (tertiary/aromatic N) is 2. The summed E-state index contributed by atoms with van der Waals surface area (Å²) in [6, 6.07) is 26.7. The van der Waals surface area contributed by atoms with Crippen molar-refractivity contribution < 1.29 is 14.3 Å². The number of fused-ring (bicyclic) bond motifs is 5. The highest BCUT2D eigenvalue weighted by molar-refractivity contribution is 6.24. The summed E-state index contributed by atoms with van der Waals surface area (Å²) in [5, 5.41) is 0. The van der Waals surface area contributed by atoms with E-state index in [-0.39, 0.29) is 29.8 Å². The number of amides is 3. The second-order valence-electron chi connectivity index (χ2n) is 8.62. The summed E-state index contributed by atoms with van der Waals surface area (Å²) in [6.07, 6.45) is 0. The largest absolute Gasteiger partial charge is 0.493 e. The molecule has 5 heteroatoms. The normalized spacial score (nSPS) is 28.7. The molecule has 2 fully saturated rings. The van der Waals surface area contributed by atoms with E-state index in [0.717, 1.165) is 16.9 Å². The van der Waals surface area contributed by atoms with Crippen molar-refractivity contribution in [3.8, 4) is 5.75 Å². The molecule has 3 aromatic carbocycles. The summed E-state index contributed by atoms with van der Waals surface area (Å²) in [6.45, 7) is 2.40. The zero-order valence-electron chi connectivity index (χ0n) is 17.1. The van der Waals surface area contributed by atoms with Gasteiger partial charge in [-0.15, -0.1) is 0 Å². The maximum atomic E-state index is 14.0. The van der Waals surface area contributed by atoms with E-state index in [1.54, 1.807) is 0 Å². The van der Waals surface area contributed by atoms with E-state index >= 15 is 0 Å². The third-order valence-electron chi connectivity index (χ3n) is 7.09. The number of benzene rings is 3. The molecule has 3 amide bonds. The molecular formula is C26H22N2O3. The Morgan fingerprint density at radius 3 is 2.26 bits per heavy atom. The first-order chi connectivity index (χ1) is 15.1. The lowest BCUT2D eigenvalue weighted by Gasteiger charge is -2.34. The number of ether oxygens (including phenoxy) is 1. The van der Waals surface area contributed by atoms with Gasteiger partial charge in [-0.2, -0.15) is 0 Å². The van der Waals surface area contributed by atoms with Crippen molar-refractivity contribution in [3.63, 3.8) is 0 Å². The summed E-state index contributed by atoms with van der Waals surface area (Å²) in [4.78, 5) is 31.0. The van der Waals surface area contributed by atoms with E-state index in [1.165, 1.54) is 4.90 Å². The van der Waals surface area contributed by atoms with Gasteiger partial charge in [0.25, 0.3) is 5.91 Å². The van der Waals surface area contributed by atoms with Crippen LogP contribution < -0.4 is 9.64 Å². The van der Waals surface area contributed by atoms with Gasteiger partial charge in [0.2, 0.25) is 0 Å². The molecule has 0 spiro atoms. The lowest BCUT2D eigenvalue weighted by Crippen LogP contribution is -2.46. The lowest BCUT2D eigenvalue weighted by molar-refractivity contribution is -0.124. The average Bonchev–Trinajstić information content (AvgIpc) is 3.20. The number of hydrogen-bond donors (Lipinski definition) is 0. The summed E-state index contributed by atoms with van der Waals surface area (Å²) in [5.74, 6) is 0.438. The molecule has 3 aliphatic heterocycles. The van der Waals surface area contributed by atoms with Crippen LogP contribution in [0, 0.1) is 5.92 Å². The number of urea groups is 1. The van der Waals surface area contributed by atoms with Crippen LogP contribution in [-0.4, -0.2) is 29.0 Å². The van der Waals surface area contributed by atoms with E-state index in [1.807, 2.05) is 84.6 Å². The lowest BCUT2D eigenvalue weighted by atomic mass is 9.73. The van der Waals surface area contributed by atoms with E-state index < -0.39 is 5.54 Å². The van der Waals surface area contributed by atoms with Gasteiger partial charge in [-0.3, -0.25) is 4.79 Å². The number of imide groups is 1. The van der Waals surface area contributed by atoms with Gasteiger partial charge in [-0.25, -0.2) is 9.69 Å². The molecule has 3 heterocycles. The minimum atomic E-state index is -0.996. The van der Waals surface area contributed by atoms with Crippen molar-refractivity contribution in [1.82, 2.24) is 4.90 Å². The second kappa shape index (κ2) is 6.45. The fourth-order valence-corrected chi connectivity index (χ4v) is 5.84. The Morgan fingerprint density at radius 1 is 0.871 bits per heavy atom. The van der Waals surface area contributed by atoms with Crippen LogP contribution in [0.5, 0.6) is 5.75 Å². The van der Waals surface area contributed by atoms with Gasteiger partial charge < -0.3 is 9.64 Å². The standard InChI is InChI=1S/C26H22N2O3/c1-26-22(17-10-4-2-5-11-17)20-16-31-21-15-9-8-14-19(21)23(20)28(26)25(30)27(24(26)29)18-12-6-3-7-13-18/h2-15,20,22-23H,16H2,1H3/t20-,22-,23-,26-/m1/s1. The third kappa shape index (κ3) is 2.31. The minimum Gasteiger partial charge on any atom is -0.493 e. The quantitative estimate of drug-likeness (QED) is 0.573. The Kier molecular flexibility index (Phi) is 3.78. The van der Waals surface area contributed by atoms with Crippen molar-refractivity contribution >= 4 is 17.6 Å². The van der Waals surface area contributed by atoms with Gasteiger partial charge in [-0.05, 0) is 30.7 Å². The first-order valence-electron chi connectivity index (χ1n) is 10.6. The zero-order chi connectivity index (χ0) is 21.2. The predicted molar refractivity (Wildman–Crippen MR) is 117 cm³/mol. The van der Waals surface area contributed by atoms with Crippen LogP contribution in [-0.2, 0) is 4.79 Å². The molecule has 31 heavy (non-hydrogen) atoms. The summed E-state index contributed by atoms with van der Waals surface area (Å²) in [5.41, 5.74) is 1.64. The minimum absolute atomic E-state index is 0.00637. The van der Waals surface area contributed by atoms with Crippen molar-refractivity contribution in [2.45, 2.75) is 24.4 Å². The number of carbonyl (C=O) groups excluding carboxylic acids is 2. The number of hydrogen-bond acceptors (Lipinski definition) is 3. The van der Waals surface area contributed by atoms with Crippen LogP contribution in [0.25, 0.3) is 0 Å². The molecule has 6 rings (SSSR count). The average molecular weight is 410 g/mol. The number of para-hydroxylation sites is 2. The topological polar surface area (TPSA) is 49.9 Å². The second-order valence-corrected chi connectivity index (χ2v) is 8.62. The highest BCUT2D eigenvalue weighted by atomic mass is 16.5. The highest BCUT2D eigenvalue weighted by Gasteiger charge is 2.70. The number of carbonyl (C=O) groups is 2. The molecule has 154 valence electrons.